The van der Waals surface area contributed by atoms with Crippen LogP contribution in [0.15, 0.2) is 0 Å². The van der Waals surface area contributed by atoms with E-state index in [2.05, 4.69) is 0 Å². The van der Waals surface area contributed by atoms with Crippen molar-refractivity contribution >= 4 is 12.0 Å². The summed E-state index contributed by atoms with van der Waals surface area (Å²) in [7, 11) is 4.73. The molecule has 1 aliphatic heterocycles. The van der Waals surface area contributed by atoms with Gasteiger partial charge in [-0.05, 0) is 33.6 Å². The van der Waals surface area contributed by atoms with Crippen molar-refractivity contribution in [3.63, 3.8) is 0 Å². The highest BCUT2D eigenvalue weighted by Crippen LogP contribution is 2.22. The number of ether oxygens (including phenoxy) is 3. The van der Waals surface area contributed by atoms with Crippen LogP contribution in [0.5, 0.6) is 0 Å². The fraction of sp³-hybridized carbons (Fsp3) is 0.867. The van der Waals surface area contributed by atoms with Gasteiger partial charge in [0, 0.05) is 27.8 Å². The first kappa shape index (κ1) is 18.7. The summed E-state index contributed by atoms with van der Waals surface area (Å²) in [5.74, 6) is -0.123. The third-order valence-corrected chi connectivity index (χ3v) is 3.49. The Hall–Kier alpha value is -1.34. The van der Waals surface area contributed by atoms with Gasteiger partial charge < -0.3 is 19.1 Å². The van der Waals surface area contributed by atoms with Crippen LogP contribution < -0.4 is 0 Å². The molecule has 1 unspecified atom stereocenters. The summed E-state index contributed by atoms with van der Waals surface area (Å²) in [5, 5.41) is 0. The monoisotopic (exact) mass is 316 g/mol. The average molecular weight is 316 g/mol. The van der Waals surface area contributed by atoms with E-state index in [1.807, 2.05) is 20.8 Å². The van der Waals surface area contributed by atoms with Crippen LogP contribution in [0.3, 0.4) is 0 Å². The molecule has 0 spiro atoms. The summed E-state index contributed by atoms with van der Waals surface area (Å²) in [6.07, 6.45) is 0.520. The predicted octanol–water partition coefficient (Wildman–Crippen LogP) is 1.46. The van der Waals surface area contributed by atoms with E-state index in [0.29, 0.717) is 19.5 Å². The van der Waals surface area contributed by atoms with E-state index in [0.717, 1.165) is 6.42 Å². The van der Waals surface area contributed by atoms with Crippen molar-refractivity contribution in [2.24, 2.45) is 0 Å². The lowest BCUT2D eigenvalue weighted by atomic mass is 10.2. The Kier molecular flexibility index (Phi) is 6.62. The molecule has 0 N–H and O–H groups in total. The summed E-state index contributed by atoms with van der Waals surface area (Å²) in [4.78, 5) is 27.8. The van der Waals surface area contributed by atoms with Crippen LogP contribution in [0.2, 0.25) is 0 Å². The minimum absolute atomic E-state index is 0.123. The number of carbonyl (C=O) groups is 2. The maximum absolute atomic E-state index is 12.6. The van der Waals surface area contributed by atoms with Crippen molar-refractivity contribution in [3.8, 4) is 0 Å². The quantitative estimate of drug-likeness (QED) is 0.718. The number of amides is 2. The van der Waals surface area contributed by atoms with E-state index in [9.17, 15) is 9.59 Å². The molecule has 7 heteroatoms. The molecule has 0 bridgehead atoms. The molecule has 0 aromatic rings. The standard InChI is InChI=1S/C15H28N2O5/c1-15(2,3)22-14(19)17-9-7-8-11(17)13(18)16(4)10-12(20-5)21-6/h11-12H,7-10H2,1-6H3. The highest BCUT2D eigenvalue weighted by Gasteiger charge is 2.38. The molecule has 0 radical (unpaired) electrons. The van der Waals surface area contributed by atoms with Crippen molar-refractivity contribution in [1.82, 2.24) is 9.80 Å². The topological polar surface area (TPSA) is 68.3 Å². The number of carbonyl (C=O) groups excluding carboxylic acids is 2. The van der Waals surface area contributed by atoms with Gasteiger partial charge >= 0.3 is 6.09 Å². The number of hydrogen-bond donors (Lipinski definition) is 0. The molecule has 1 saturated heterocycles. The number of hydrogen-bond acceptors (Lipinski definition) is 5. The molecule has 7 nitrogen and oxygen atoms in total. The number of likely N-dealkylation sites (tertiary alicyclic amines) is 1. The Bertz CT molecular complexity index is 390. The van der Waals surface area contributed by atoms with Gasteiger partial charge in [-0.1, -0.05) is 0 Å². The number of nitrogens with zero attached hydrogens (tertiary/aromatic N) is 2. The zero-order valence-electron chi connectivity index (χ0n) is 14.4. The van der Waals surface area contributed by atoms with Crippen molar-refractivity contribution < 1.29 is 23.8 Å². The lowest BCUT2D eigenvalue weighted by molar-refractivity contribution is -0.146. The first-order chi connectivity index (χ1) is 10.2. The highest BCUT2D eigenvalue weighted by molar-refractivity contribution is 5.86. The van der Waals surface area contributed by atoms with Gasteiger partial charge in [-0.2, -0.15) is 0 Å². The predicted molar refractivity (Wildman–Crippen MR) is 81.4 cm³/mol. The maximum Gasteiger partial charge on any atom is 0.410 e. The van der Waals surface area contributed by atoms with Crippen LogP contribution >= 0.6 is 0 Å². The fourth-order valence-corrected chi connectivity index (χ4v) is 2.38. The van der Waals surface area contributed by atoms with E-state index in [1.54, 1.807) is 7.05 Å². The molecule has 0 aromatic carbocycles. The van der Waals surface area contributed by atoms with Crippen molar-refractivity contribution in [1.29, 1.82) is 0 Å². The average Bonchev–Trinajstić information content (AvgIpc) is 2.91. The zero-order chi connectivity index (χ0) is 16.9. The first-order valence-corrected chi connectivity index (χ1v) is 7.49. The van der Waals surface area contributed by atoms with Gasteiger partial charge in [-0.25, -0.2) is 4.79 Å². The summed E-state index contributed by atoms with van der Waals surface area (Å²) in [6.45, 7) is 6.28. The van der Waals surface area contributed by atoms with Gasteiger partial charge in [0.05, 0.1) is 6.54 Å². The van der Waals surface area contributed by atoms with Gasteiger partial charge in [0.15, 0.2) is 6.29 Å². The fourth-order valence-electron chi connectivity index (χ4n) is 2.38. The SMILES string of the molecule is COC(CN(C)C(=O)C1CCCN1C(=O)OC(C)(C)C)OC. The van der Waals surface area contributed by atoms with Crippen molar-refractivity contribution in [3.05, 3.63) is 0 Å². The minimum atomic E-state index is -0.573. The molecule has 1 fully saturated rings. The lowest BCUT2D eigenvalue weighted by Crippen LogP contribution is -2.49. The molecule has 0 aliphatic carbocycles. The van der Waals surface area contributed by atoms with E-state index < -0.39 is 24.0 Å². The Morgan fingerprint density at radius 3 is 2.36 bits per heavy atom. The van der Waals surface area contributed by atoms with Gasteiger partial charge in [-0.3, -0.25) is 9.69 Å². The van der Waals surface area contributed by atoms with Crippen molar-refractivity contribution in [2.45, 2.75) is 51.5 Å². The molecule has 1 heterocycles. The van der Waals surface area contributed by atoms with Crippen LogP contribution in [-0.4, -0.2) is 74.1 Å². The maximum atomic E-state index is 12.6. The lowest BCUT2D eigenvalue weighted by Gasteiger charge is -2.31. The third kappa shape index (κ3) is 5.14. The molecule has 1 aliphatic rings. The summed E-state index contributed by atoms with van der Waals surface area (Å²) >= 11 is 0. The van der Waals surface area contributed by atoms with Crippen LogP contribution in [0, 0.1) is 0 Å². The molecule has 1 atom stereocenters. The van der Waals surface area contributed by atoms with E-state index in [1.165, 1.54) is 24.0 Å². The van der Waals surface area contributed by atoms with Gasteiger partial charge in [-0.15, -0.1) is 0 Å². The summed E-state index contributed by atoms with van der Waals surface area (Å²) < 4.78 is 15.6. The molecular weight excluding hydrogens is 288 g/mol. The van der Waals surface area contributed by atoms with Crippen LogP contribution in [0.1, 0.15) is 33.6 Å². The summed E-state index contributed by atoms with van der Waals surface area (Å²) in [6, 6.07) is -0.478. The minimum Gasteiger partial charge on any atom is -0.444 e. The molecule has 2 amide bonds. The second kappa shape index (κ2) is 7.78. The molecule has 1 rings (SSSR count). The van der Waals surface area contributed by atoms with Crippen LogP contribution in [0.4, 0.5) is 4.79 Å². The Morgan fingerprint density at radius 2 is 1.86 bits per heavy atom. The smallest absolute Gasteiger partial charge is 0.410 e. The third-order valence-electron chi connectivity index (χ3n) is 3.49. The normalized spacial score (nSPS) is 18.7. The van der Waals surface area contributed by atoms with Crippen molar-refractivity contribution in [2.75, 3.05) is 34.4 Å². The Morgan fingerprint density at radius 1 is 1.27 bits per heavy atom. The molecule has 128 valence electrons. The second-order valence-corrected chi connectivity index (χ2v) is 6.45. The number of likely N-dealkylation sites (N-methyl/N-ethyl adjacent to an activating group) is 1. The number of rotatable bonds is 5. The van der Waals surface area contributed by atoms with Gasteiger partial charge in [0.1, 0.15) is 11.6 Å². The summed E-state index contributed by atoms with van der Waals surface area (Å²) in [5.41, 5.74) is -0.573. The molecule has 0 aromatic heterocycles. The molecule has 0 saturated carbocycles. The van der Waals surface area contributed by atoms with E-state index in [4.69, 9.17) is 14.2 Å². The molecule has 22 heavy (non-hydrogen) atoms. The van der Waals surface area contributed by atoms with E-state index in [-0.39, 0.29) is 5.91 Å². The Labute approximate surface area is 132 Å². The second-order valence-electron chi connectivity index (χ2n) is 6.45. The number of methoxy groups -OCH3 is 2. The Balaban J connectivity index is 2.69. The first-order valence-electron chi connectivity index (χ1n) is 7.49. The highest BCUT2D eigenvalue weighted by atomic mass is 16.7. The van der Waals surface area contributed by atoms with Crippen LogP contribution in [-0.2, 0) is 19.0 Å². The van der Waals surface area contributed by atoms with E-state index >= 15 is 0 Å². The van der Waals surface area contributed by atoms with Gasteiger partial charge in [0.2, 0.25) is 5.91 Å². The zero-order valence-corrected chi connectivity index (χ0v) is 14.4. The molecular formula is C15H28N2O5. The van der Waals surface area contributed by atoms with Gasteiger partial charge in [0.25, 0.3) is 0 Å². The largest absolute Gasteiger partial charge is 0.444 e. The van der Waals surface area contributed by atoms with Crippen LogP contribution in [0.25, 0.3) is 0 Å².